The number of aliphatic hydroxyl groups excluding tert-OH is 1. The molecule has 1 saturated heterocycles. The van der Waals surface area contributed by atoms with Gasteiger partial charge in [-0.3, -0.25) is 0 Å². The monoisotopic (exact) mass is 464 g/mol. The number of ether oxygens (including phenoxy) is 5. The van der Waals surface area contributed by atoms with E-state index in [2.05, 4.69) is 0 Å². The maximum absolute atomic E-state index is 10.8. The Morgan fingerprint density at radius 1 is 0.647 bits per heavy atom. The zero-order chi connectivity index (χ0) is 23.6. The molecule has 6 heteroatoms. The Hall–Kier alpha value is -2.58. The lowest BCUT2D eigenvalue weighted by Crippen LogP contribution is -2.61. The molecular weight excluding hydrogens is 432 g/mol. The number of aliphatic hydroxyl groups is 1. The van der Waals surface area contributed by atoms with E-state index in [-0.39, 0.29) is 6.61 Å². The van der Waals surface area contributed by atoms with E-state index >= 15 is 0 Å². The van der Waals surface area contributed by atoms with Crippen LogP contribution in [0, 0.1) is 0 Å². The van der Waals surface area contributed by atoms with Crippen LogP contribution < -0.4 is 0 Å². The lowest BCUT2D eigenvalue weighted by Gasteiger charge is -2.44. The van der Waals surface area contributed by atoms with Gasteiger partial charge in [0.15, 0.2) is 6.29 Å². The zero-order valence-electron chi connectivity index (χ0n) is 19.4. The molecule has 0 bridgehead atoms. The van der Waals surface area contributed by atoms with Gasteiger partial charge in [-0.1, -0.05) is 91.0 Å². The number of hydrogen-bond acceptors (Lipinski definition) is 6. The molecule has 0 spiro atoms. The van der Waals surface area contributed by atoms with Crippen LogP contribution in [-0.2, 0) is 43.5 Å². The average molecular weight is 465 g/mol. The van der Waals surface area contributed by atoms with E-state index in [1.807, 2.05) is 91.0 Å². The SMILES string of the molecule is CO[C@H]1[C@@H](OCc2ccccc2)[C@@H](COCc2ccccc2)OC(O)[C@@H]1OCc1ccccc1. The van der Waals surface area contributed by atoms with Gasteiger partial charge in [0.05, 0.1) is 26.4 Å². The summed E-state index contributed by atoms with van der Waals surface area (Å²) in [7, 11) is 1.60. The largest absolute Gasteiger partial charge is 0.376 e. The maximum atomic E-state index is 10.8. The van der Waals surface area contributed by atoms with Gasteiger partial charge in [-0.15, -0.1) is 0 Å². The van der Waals surface area contributed by atoms with Gasteiger partial charge in [0, 0.05) is 7.11 Å². The zero-order valence-corrected chi connectivity index (χ0v) is 19.4. The smallest absolute Gasteiger partial charge is 0.184 e. The van der Waals surface area contributed by atoms with Gasteiger partial charge in [0.1, 0.15) is 24.4 Å². The molecule has 6 nitrogen and oxygen atoms in total. The van der Waals surface area contributed by atoms with Gasteiger partial charge >= 0.3 is 0 Å². The fraction of sp³-hybridized carbons (Fsp3) is 0.357. The highest BCUT2D eigenvalue weighted by atomic mass is 16.7. The molecule has 1 N–H and O–H groups in total. The summed E-state index contributed by atoms with van der Waals surface area (Å²) in [5.41, 5.74) is 3.10. The van der Waals surface area contributed by atoms with E-state index in [4.69, 9.17) is 23.7 Å². The molecular formula is C28H32O6. The second-order valence-corrected chi connectivity index (χ2v) is 8.29. The van der Waals surface area contributed by atoms with Crippen molar-refractivity contribution in [1.82, 2.24) is 0 Å². The number of benzene rings is 3. The highest BCUT2D eigenvalue weighted by Crippen LogP contribution is 2.29. The summed E-state index contributed by atoms with van der Waals surface area (Å²) in [5.74, 6) is 0. The second kappa shape index (κ2) is 12.8. The van der Waals surface area contributed by atoms with Crippen molar-refractivity contribution >= 4 is 0 Å². The van der Waals surface area contributed by atoms with Gasteiger partial charge < -0.3 is 28.8 Å². The van der Waals surface area contributed by atoms with Gasteiger partial charge in [0.25, 0.3) is 0 Å². The van der Waals surface area contributed by atoms with Crippen molar-refractivity contribution in [2.24, 2.45) is 0 Å². The van der Waals surface area contributed by atoms with Crippen molar-refractivity contribution in [3.63, 3.8) is 0 Å². The third-order valence-corrected chi connectivity index (χ3v) is 5.85. The summed E-state index contributed by atoms with van der Waals surface area (Å²) >= 11 is 0. The van der Waals surface area contributed by atoms with Crippen LogP contribution >= 0.6 is 0 Å². The summed E-state index contributed by atoms with van der Waals surface area (Å²) in [5, 5.41) is 10.8. The lowest BCUT2D eigenvalue weighted by molar-refractivity contribution is -0.312. The molecule has 0 radical (unpaired) electrons. The van der Waals surface area contributed by atoms with E-state index in [9.17, 15) is 5.11 Å². The molecule has 1 fully saturated rings. The molecule has 3 aromatic rings. The molecule has 1 heterocycles. The maximum Gasteiger partial charge on any atom is 0.184 e. The van der Waals surface area contributed by atoms with Crippen molar-refractivity contribution in [3.05, 3.63) is 108 Å². The van der Waals surface area contributed by atoms with Gasteiger partial charge in [0.2, 0.25) is 0 Å². The number of hydrogen-bond donors (Lipinski definition) is 1. The molecule has 0 aromatic heterocycles. The topological polar surface area (TPSA) is 66.4 Å². The van der Waals surface area contributed by atoms with E-state index in [1.54, 1.807) is 7.11 Å². The Labute approximate surface area is 201 Å². The summed E-state index contributed by atoms with van der Waals surface area (Å²) in [6.07, 6.45) is -3.44. The van der Waals surface area contributed by atoms with Crippen molar-refractivity contribution in [2.75, 3.05) is 13.7 Å². The Kier molecular flexibility index (Phi) is 9.21. The summed E-state index contributed by atoms with van der Waals surface area (Å²) < 4.78 is 30.1. The third-order valence-electron chi connectivity index (χ3n) is 5.85. The van der Waals surface area contributed by atoms with E-state index in [1.165, 1.54) is 0 Å². The molecule has 1 unspecified atom stereocenters. The van der Waals surface area contributed by atoms with Crippen LogP contribution in [0.4, 0.5) is 0 Å². The van der Waals surface area contributed by atoms with Crippen LogP contribution in [0.5, 0.6) is 0 Å². The minimum atomic E-state index is -1.17. The molecule has 1 aliphatic rings. The minimum absolute atomic E-state index is 0.247. The van der Waals surface area contributed by atoms with Crippen molar-refractivity contribution in [3.8, 4) is 0 Å². The van der Waals surface area contributed by atoms with Crippen molar-refractivity contribution < 1.29 is 28.8 Å². The summed E-state index contributed by atoms with van der Waals surface area (Å²) in [6.45, 7) is 1.39. The number of methoxy groups -OCH3 is 1. The Morgan fingerprint density at radius 2 is 1.12 bits per heavy atom. The quantitative estimate of drug-likeness (QED) is 0.461. The molecule has 3 aromatic carbocycles. The summed E-state index contributed by atoms with van der Waals surface area (Å²) in [6, 6.07) is 29.6. The molecule has 0 amide bonds. The standard InChI is InChI=1S/C28H32O6/c1-30-26-25(32-18-22-13-7-3-8-14-22)24(20-31-17-21-11-5-2-6-12-21)34-28(29)27(26)33-19-23-15-9-4-10-16-23/h2-16,24-29H,17-20H2,1H3/t24-,25+,26+,27-,28?/m1/s1. The van der Waals surface area contributed by atoms with Crippen LogP contribution in [0.3, 0.4) is 0 Å². The van der Waals surface area contributed by atoms with Crippen LogP contribution in [0.25, 0.3) is 0 Å². The van der Waals surface area contributed by atoms with Gasteiger partial charge in [-0.05, 0) is 16.7 Å². The first-order valence-electron chi connectivity index (χ1n) is 11.5. The molecule has 5 atom stereocenters. The Bertz CT molecular complexity index is 952. The van der Waals surface area contributed by atoms with Gasteiger partial charge in [-0.2, -0.15) is 0 Å². The predicted molar refractivity (Wildman–Crippen MR) is 128 cm³/mol. The molecule has 4 rings (SSSR count). The van der Waals surface area contributed by atoms with Crippen LogP contribution in [0.15, 0.2) is 91.0 Å². The molecule has 180 valence electrons. The van der Waals surface area contributed by atoms with Crippen LogP contribution in [0.2, 0.25) is 0 Å². The van der Waals surface area contributed by atoms with Crippen LogP contribution in [0.1, 0.15) is 16.7 Å². The molecule has 0 aliphatic carbocycles. The molecule has 0 saturated carbocycles. The normalized spacial score (nSPS) is 24.7. The predicted octanol–water partition coefficient (Wildman–Crippen LogP) is 4.11. The third kappa shape index (κ3) is 6.73. The van der Waals surface area contributed by atoms with E-state index < -0.39 is 30.7 Å². The first kappa shape index (κ1) is 24.5. The fourth-order valence-electron chi connectivity index (χ4n) is 4.08. The Balaban J connectivity index is 1.45. The fourth-order valence-corrected chi connectivity index (χ4v) is 4.08. The van der Waals surface area contributed by atoms with Crippen molar-refractivity contribution in [1.29, 1.82) is 0 Å². The lowest BCUT2D eigenvalue weighted by atomic mass is 9.98. The molecule has 1 aliphatic heterocycles. The highest BCUT2D eigenvalue weighted by Gasteiger charge is 2.47. The van der Waals surface area contributed by atoms with Gasteiger partial charge in [-0.25, -0.2) is 0 Å². The minimum Gasteiger partial charge on any atom is -0.376 e. The number of rotatable bonds is 11. The first-order chi connectivity index (χ1) is 16.7. The van der Waals surface area contributed by atoms with Crippen LogP contribution in [-0.4, -0.2) is 49.5 Å². The molecule has 34 heavy (non-hydrogen) atoms. The first-order valence-corrected chi connectivity index (χ1v) is 11.5. The highest BCUT2D eigenvalue weighted by molar-refractivity contribution is 5.15. The Morgan fingerprint density at radius 3 is 1.62 bits per heavy atom. The van der Waals surface area contributed by atoms with E-state index in [0.29, 0.717) is 19.8 Å². The van der Waals surface area contributed by atoms with Crippen molar-refractivity contribution in [2.45, 2.75) is 50.5 Å². The van der Waals surface area contributed by atoms with E-state index in [0.717, 1.165) is 16.7 Å². The summed E-state index contributed by atoms with van der Waals surface area (Å²) in [4.78, 5) is 0. The average Bonchev–Trinajstić information content (AvgIpc) is 2.89. The second-order valence-electron chi connectivity index (χ2n) is 8.29.